The molecule has 0 unspecified atom stereocenters. The van der Waals surface area contributed by atoms with Gasteiger partial charge in [-0.05, 0) is 24.3 Å². The summed E-state index contributed by atoms with van der Waals surface area (Å²) in [5.74, 6) is -2.54. The summed E-state index contributed by atoms with van der Waals surface area (Å²) in [6, 6.07) is 8.87. The molecule has 0 aliphatic rings. The molecule has 0 heterocycles. The zero-order chi connectivity index (χ0) is 13.8. The van der Waals surface area contributed by atoms with E-state index in [-0.39, 0.29) is 18.8 Å². The van der Waals surface area contributed by atoms with E-state index >= 15 is 0 Å². The number of hydrogen-bond donors (Lipinski definition) is 2. The van der Waals surface area contributed by atoms with E-state index in [4.69, 9.17) is 0 Å². The normalized spacial score (nSPS) is 11.5. The minimum Gasteiger partial charge on any atom is -0.480 e. The van der Waals surface area contributed by atoms with Gasteiger partial charge in [-0.25, -0.2) is 0 Å². The fraction of sp³-hybridized carbons (Fsp3) is 0.429. The Balaban J connectivity index is 3.10. The standard InChI is InChI=1S/C14H18O4/c1-10(2)8-14(12(15)16,13(17)18)9-11-6-4-3-5-7-11/h3-7,10H,8-9H2,1-2H3,(H,15,16)(H,17,18). The molecule has 0 atom stereocenters. The van der Waals surface area contributed by atoms with E-state index < -0.39 is 17.4 Å². The van der Waals surface area contributed by atoms with E-state index in [0.29, 0.717) is 0 Å². The van der Waals surface area contributed by atoms with Crippen molar-refractivity contribution in [2.45, 2.75) is 26.7 Å². The summed E-state index contributed by atoms with van der Waals surface area (Å²) in [5.41, 5.74) is -1.02. The van der Waals surface area contributed by atoms with Crippen molar-refractivity contribution in [3.63, 3.8) is 0 Å². The SMILES string of the molecule is CC(C)CC(Cc1ccccc1)(C(=O)O)C(=O)O. The molecule has 18 heavy (non-hydrogen) atoms. The van der Waals surface area contributed by atoms with Crippen molar-refractivity contribution >= 4 is 11.9 Å². The van der Waals surface area contributed by atoms with Crippen molar-refractivity contribution < 1.29 is 19.8 Å². The second-order valence-corrected chi connectivity index (χ2v) is 4.95. The van der Waals surface area contributed by atoms with Crippen LogP contribution in [0.25, 0.3) is 0 Å². The first-order valence-corrected chi connectivity index (χ1v) is 5.89. The van der Waals surface area contributed by atoms with Crippen molar-refractivity contribution in [1.29, 1.82) is 0 Å². The van der Waals surface area contributed by atoms with Gasteiger partial charge < -0.3 is 10.2 Å². The maximum absolute atomic E-state index is 11.4. The lowest BCUT2D eigenvalue weighted by atomic mass is 9.75. The van der Waals surface area contributed by atoms with Crippen molar-refractivity contribution in [3.8, 4) is 0 Å². The molecule has 0 aromatic heterocycles. The summed E-state index contributed by atoms with van der Waals surface area (Å²) in [4.78, 5) is 22.8. The first-order valence-electron chi connectivity index (χ1n) is 5.89. The second-order valence-electron chi connectivity index (χ2n) is 4.95. The summed E-state index contributed by atoms with van der Waals surface area (Å²) in [6.45, 7) is 3.65. The molecule has 0 saturated heterocycles. The van der Waals surface area contributed by atoms with Gasteiger partial charge in [0.05, 0.1) is 0 Å². The third kappa shape index (κ3) is 3.09. The Morgan fingerprint density at radius 1 is 1.11 bits per heavy atom. The van der Waals surface area contributed by atoms with Crippen LogP contribution >= 0.6 is 0 Å². The van der Waals surface area contributed by atoms with Gasteiger partial charge in [0.2, 0.25) is 0 Å². The predicted octanol–water partition coefficient (Wildman–Crippen LogP) is 2.43. The first-order chi connectivity index (χ1) is 8.38. The largest absolute Gasteiger partial charge is 0.480 e. The van der Waals surface area contributed by atoms with E-state index in [0.717, 1.165) is 5.56 Å². The maximum Gasteiger partial charge on any atom is 0.321 e. The number of carbonyl (C=O) groups is 2. The molecular formula is C14H18O4. The smallest absolute Gasteiger partial charge is 0.321 e. The minimum absolute atomic E-state index is 0.000845. The molecule has 0 radical (unpaired) electrons. The molecule has 2 N–H and O–H groups in total. The van der Waals surface area contributed by atoms with E-state index in [1.54, 1.807) is 24.3 Å². The molecule has 98 valence electrons. The highest BCUT2D eigenvalue weighted by atomic mass is 16.4. The van der Waals surface area contributed by atoms with Crippen LogP contribution < -0.4 is 0 Å². The summed E-state index contributed by atoms with van der Waals surface area (Å²) in [6.07, 6.45) is 0.128. The Labute approximate surface area is 106 Å². The quantitative estimate of drug-likeness (QED) is 0.760. The zero-order valence-corrected chi connectivity index (χ0v) is 10.6. The summed E-state index contributed by atoms with van der Waals surface area (Å²) < 4.78 is 0. The molecule has 4 heteroatoms. The molecule has 0 bridgehead atoms. The number of benzene rings is 1. The second kappa shape index (κ2) is 5.67. The zero-order valence-electron chi connectivity index (χ0n) is 10.6. The maximum atomic E-state index is 11.4. The average molecular weight is 250 g/mol. The van der Waals surface area contributed by atoms with Crippen LogP contribution in [0.4, 0.5) is 0 Å². The van der Waals surface area contributed by atoms with Gasteiger partial charge in [-0.15, -0.1) is 0 Å². The summed E-state index contributed by atoms with van der Waals surface area (Å²) >= 11 is 0. The third-order valence-electron chi connectivity index (χ3n) is 2.92. The highest BCUT2D eigenvalue weighted by Crippen LogP contribution is 2.32. The lowest BCUT2D eigenvalue weighted by Crippen LogP contribution is -2.42. The third-order valence-corrected chi connectivity index (χ3v) is 2.92. The van der Waals surface area contributed by atoms with Gasteiger partial charge in [-0.1, -0.05) is 44.2 Å². The van der Waals surface area contributed by atoms with Crippen molar-refractivity contribution in [1.82, 2.24) is 0 Å². The van der Waals surface area contributed by atoms with Crippen LogP contribution in [-0.4, -0.2) is 22.2 Å². The van der Waals surface area contributed by atoms with Crippen molar-refractivity contribution in [3.05, 3.63) is 35.9 Å². The Morgan fingerprint density at radius 3 is 2.00 bits per heavy atom. The van der Waals surface area contributed by atoms with E-state index in [2.05, 4.69) is 0 Å². The highest BCUT2D eigenvalue weighted by molar-refractivity contribution is 5.98. The van der Waals surface area contributed by atoms with Gasteiger partial charge in [-0.3, -0.25) is 9.59 Å². The van der Waals surface area contributed by atoms with Crippen molar-refractivity contribution in [2.24, 2.45) is 11.3 Å². The molecule has 0 fully saturated rings. The molecule has 1 aromatic carbocycles. The number of carboxylic acid groups (broad SMARTS) is 2. The van der Waals surface area contributed by atoms with Crippen LogP contribution in [0.1, 0.15) is 25.8 Å². The fourth-order valence-corrected chi connectivity index (χ4v) is 2.13. The Morgan fingerprint density at radius 2 is 1.61 bits per heavy atom. The lowest BCUT2D eigenvalue weighted by Gasteiger charge is -2.26. The average Bonchev–Trinajstić information content (AvgIpc) is 2.28. The van der Waals surface area contributed by atoms with Crippen LogP contribution in [0.15, 0.2) is 30.3 Å². The molecule has 0 aliphatic carbocycles. The first kappa shape index (κ1) is 14.2. The predicted molar refractivity (Wildman–Crippen MR) is 67.3 cm³/mol. The monoisotopic (exact) mass is 250 g/mol. The van der Waals surface area contributed by atoms with Crippen LogP contribution in [0.3, 0.4) is 0 Å². The van der Waals surface area contributed by atoms with Crippen LogP contribution in [0, 0.1) is 11.3 Å². The molecular weight excluding hydrogens is 232 g/mol. The fourth-order valence-electron chi connectivity index (χ4n) is 2.13. The van der Waals surface area contributed by atoms with Crippen LogP contribution in [-0.2, 0) is 16.0 Å². The Hall–Kier alpha value is -1.84. The summed E-state index contributed by atoms with van der Waals surface area (Å²) in [7, 11) is 0. The number of rotatable bonds is 6. The molecule has 4 nitrogen and oxygen atoms in total. The van der Waals surface area contributed by atoms with Gasteiger partial charge in [0, 0.05) is 0 Å². The number of aliphatic carboxylic acids is 2. The Kier molecular flexibility index (Phi) is 4.48. The molecule has 1 aromatic rings. The van der Waals surface area contributed by atoms with Crippen LogP contribution in [0.5, 0.6) is 0 Å². The molecule has 0 spiro atoms. The molecule has 0 saturated carbocycles. The van der Waals surface area contributed by atoms with Gasteiger partial charge in [-0.2, -0.15) is 0 Å². The van der Waals surface area contributed by atoms with E-state index in [9.17, 15) is 19.8 Å². The van der Waals surface area contributed by atoms with Gasteiger partial charge in [0.1, 0.15) is 0 Å². The minimum atomic E-state index is -1.74. The Bertz CT molecular complexity index is 409. The van der Waals surface area contributed by atoms with Gasteiger partial charge in [0.15, 0.2) is 5.41 Å². The topological polar surface area (TPSA) is 74.6 Å². The highest BCUT2D eigenvalue weighted by Gasteiger charge is 2.46. The molecule has 0 amide bonds. The van der Waals surface area contributed by atoms with Crippen molar-refractivity contribution in [2.75, 3.05) is 0 Å². The number of hydrogen-bond acceptors (Lipinski definition) is 2. The summed E-state index contributed by atoms with van der Waals surface area (Å²) in [5, 5.41) is 18.6. The lowest BCUT2D eigenvalue weighted by molar-refractivity contribution is -0.166. The number of carboxylic acids is 2. The van der Waals surface area contributed by atoms with E-state index in [1.165, 1.54) is 0 Å². The van der Waals surface area contributed by atoms with Gasteiger partial charge >= 0.3 is 11.9 Å². The molecule has 1 rings (SSSR count). The van der Waals surface area contributed by atoms with Gasteiger partial charge in [0.25, 0.3) is 0 Å². The molecule has 0 aliphatic heterocycles. The van der Waals surface area contributed by atoms with Crippen LogP contribution in [0.2, 0.25) is 0 Å². The van der Waals surface area contributed by atoms with E-state index in [1.807, 2.05) is 19.9 Å².